The number of aryl methyl sites for hydroxylation is 1. The van der Waals surface area contributed by atoms with Gasteiger partial charge in [0.25, 0.3) is 5.91 Å². The molecule has 49 heavy (non-hydrogen) atoms. The number of nitrogens with zero attached hydrogens (tertiary/aromatic N) is 5. The molecule has 0 aliphatic carbocycles. The molecule has 0 spiro atoms. The van der Waals surface area contributed by atoms with Gasteiger partial charge in [0.15, 0.2) is 17.3 Å². The van der Waals surface area contributed by atoms with Gasteiger partial charge in [0.1, 0.15) is 16.9 Å². The number of ketones is 1. The van der Waals surface area contributed by atoms with E-state index in [0.29, 0.717) is 37.5 Å². The van der Waals surface area contributed by atoms with Crippen molar-refractivity contribution >= 4 is 17.4 Å². The Kier molecular flexibility index (Phi) is 11.0. The lowest BCUT2D eigenvalue weighted by molar-refractivity contribution is -0.148. The van der Waals surface area contributed by atoms with Crippen LogP contribution < -0.4 is 20.4 Å². The number of rotatable bonds is 11. The van der Waals surface area contributed by atoms with Crippen LogP contribution in [-0.4, -0.2) is 114 Å². The van der Waals surface area contributed by atoms with Crippen LogP contribution in [-0.2, 0) is 22.6 Å². The fourth-order valence-electron chi connectivity index (χ4n) is 6.87. The summed E-state index contributed by atoms with van der Waals surface area (Å²) in [5.74, 6) is 1.41. The molecule has 2 aromatic rings. The lowest BCUT2D eigenvalue weighted by atomic mass is 9.98. The van der Waals surface area contributed by atoms with E-state index in [2.05, 4.69) is 32.3 Å². The van der Waals surface area contributed by atoms with Gasteiger partial charge in [0.2, 0.25) is 6.79 Å². The number of piperazine rings is 2. The second-order valence-corrected chi connectivity index (χ2v) is 14.3. The Morgan fingerprint density at radius 2 is 1.80 bits per heavy atom. The number of hydrazine groups is 1. The largest absolute Gasteiger partial charge is 0.454 e. The monoisotopic (exact) mass is 678 g/mol. The molecular formula is C36H50N6O7. The summed E-state index contributed by atoms with van der Waals surface area (Å²) in [5, 5.41) is 12.3. The highest BCUT2D eigenvalue weighted by Gasteiger charge is 2.46. The van der Waals surface area contributed by atoms with Crippen molar-refractivity contribution in [2.45, 2.75) is 84.0 Å². The zero-order chi connectivity index (χ0) is 34.5. The van der Waals surface area contributed by atoms with Gasteiger partial charge >= 0.3 is 5.63 Å². The third-order valence-corrected chi connectivity index (χ3v) is 9.40. The van der Waals surface area contributed by atoms with Gasteiger partial charge in [-0.2, -0.15) is 0 Å². The average molecular weight is 679 g/mol. The number of amides is 1. The zero-order valence-electron chi connectivity index (χ0n) is 29.2. The molecule has 0 bridgehead atoms. The highest BCUT2D eigenvalue weighted by Crippen LogP contribution is 2.33. The minimum atomic E-state index is -0.820. The topological polar surface area (TPSA) is 129 Å². The molecule has 266 valence electrons. The van der Waals surface area contributed by atoms with Crippen molar-refractivity contribution in [1.82, 2.24) is 25.1 Å². The molecule has 1 aromatic carbocycles. The van der Waals surface area contributed by atoms with E-state index in [1.54, 1.807) is 12.1 Å². The summed E-state index contributed by atoms with van der Waals surface area (Å²) < 4.78 is 16.7. The van der Waals surface area contributed by atoms with Crippen molar-refractivity contribution in [3.63, 3.8) is 0 Å². The Labute approximate surface area is 288 Å². The van der Waals surface area contributed by atoms with E-state index in [4.69, 9.17) is 18.7 Å². The lowest BCUT2D eigenvalue weighted by Gasteiger charge is -2.48. The first kappa shape index (κ1) is 35.1. The van der Waals surface area contributed by atoms with Crippen LogP contribution >= 0.6 is 0 Å². The molecule has 13 nitrogen and oxygen atoms in total. The Balaban J connectivity index is 1.27. The quantitative estimate of drug-likeness (QED) is 0.278. The summed E-state index contributed by atoms with van der Waals surface area (Å²) in [6, 6.07) is 7.87. The molecule has 1 unspecified atom stereocenters. The van der Waals surface area contributed by atoms with E-state index >= 15 is 0 Å². The Hall–Kier alpha value is -3.78. The van der Waals surface area contributed by atoms with Crippen LogP contribution in [0.1, 0.15) is 75.1 Å². The highest BCUT2D eigenvalue weighted by atomic mass is 16.7. The number of likely N-dealkylation sites (tertiary alicyclic amines) is 1. The van der Waals surface area contributed by atoms with E-state index in [-0.39, 0.29) is 31.1 Å². The van der Waals surface area contributed by atoms with E-state index in [1.807, 2.05) is 39.0 Å². The van der Waals surface area contributed by atoms with Gasteiger partial charge in [-0.3, -0.25) is 14.5 Å². The minimum absolute atomic E-state index is 0.0798. The van der Waals surface area contributed by atoms with Gasteiger partial charge in [0.05, 0.1) is 24.3 Å². The maximum Gasteiger partial charge on any atom is 0.348 e. The number of benzene rings is 1. The van der Waals surface area contributed by atoms with E-state index < -0.39 is 29.2 Å². The smallest absolute Gasteiger partial charge is 0.348 e. The highest BCUT2D eigenvalue weighted by molar-refractivity contribution is 6.06. The van der Waals surface area contributed by atoms with Crippen molar-refractivity contribution < 1.29 is 28.3 Å². The van der Waals surface area contributed by atoms with Crippen molar-refractivity contribution in [2.75, 3.05) is 59.2 Å². The van der Waals surface area contributed by atoms with Crippen LogP contribution in [0.15, 0.2) is 44.7 Å². The lowest BCUT2D eigenvalue weighted by Crippen LogP contribution is -2.66. The number of carbonyl (C=O) groups is 2. The van der Waals surface area contributed by atoms with Crippen LogP contribution in [0.5, 0.6) is 11.5 Å². The minimum Gasteiger partial charge on any atom is -0.454 e. The van der Waals surface area contributed by atoms with Gasteiger partial charge in [-0.25, -0.2) is 14.8 Å². The summed E-state index contributed by atoms with van der Waals surface area (Å²) in [6.07, 6.45) is 3.85. The van der Waals surface area contributed by atoms with Crippen LogP contribution in [0.4, 0.5) is 0 Å². The summed E-state index contributed by atoms with van der Waals surface area (Å²) in [5.41, 5.74) is 0.348. The summed E-state index contributed by atoms with van der Waals surface area (Å²) in [4.78, 5) is 51.6. The number of nitrogens with one attached hydrogen (secondary N) is 1. The first-order valence-electron chi connectivity index (χ1n) is 17.6. The fourth-order valence-corrected chi connectivity index (χ4v) is 6.87. The van der Waals surface area contributed by atoms with Crippen LogP contribution in [0.2, 0.25) is 0 Å². The van der Waals surface area contributed by atoms with E-state index in [1.165, 1.54) is 4.90 Å². The number of Topliss-reactive ketones (excluding diaryl/α,β-unsaturated/α-hetero) is 1. The molecule has 1 amide bonds. The predicted octanol–water partition coefficient (Wildman–Crippen LogP) is 3.06. The maximum atomic E-state index is 14.8. The molecule has 6 rings (SSSR count). The van der Waals surface area contributed by atoms with Crippen LogP contribution in [0.3, 0.4) is 0 Å². The molecule has 4 aliphatic rings. The number of ether oxygens (including phenoxy) is 2. The molecule has 13 heteroatoms. The van der Waals surface area contributed by atoms with E-state index in [9.17, 15) is 14.4 Å². The second kappa shape index (κ2) is 15.4. The summed E-state index contributed by atoms with van der Waals surface area (Å²) in [6.45, 7) is 13.9. The third kappa shape index (κ3) is 8.51. The molecule has 4 aliphatic heterocycles. The number of carbonyl (C=O) groups excluding carboxylic acids is 2. The number of hydrogen-bond acceptors (Lipinski definition) is 12. The van der Waals surface area contributed by atoms with E-state index in [0.717, 1.165) is 69.0 Å². The van der Waals surface area contributed by atoms with Crippen molar-refractivity contribution in [3.05, 3.63) is 57.6 Å². The van der Waals surface area contributed by atoms with Gasteiger partial charge in [0, 0.05) is 65.2 Å². The van der Waals surface area contributed by atoms with Crippen molar-refractivity contribution in [2.24, 2.45) is 5.16 Å². The average Bonchev–Trinajstić information content (AvgIpc) is 3.74. The van der Waals surface area contributed by atoms with Gasteiger partial charge in [-0.15, -0.1) is 0 Å². The molecule has 0 radical (unpaired) electrons. The van der Waals surface area contributed by atoms with Crippen molar-refractivity contribution in [1.29, 1.82) is 0 Å². The maximum absolute atomic E-state index is 14.8. The molecule has 2 atom stereocenters. The molecule has 3 saturated heterocycles. The summed E-state index contributed by atoms with van der Waals surface area (Å²) in [7, 11) is 0. The van der Waals surface area contributed by atoms with Crippen LogP contribution in [0, 0.1) is 0 Å². The number of oxime groups is 1. The summed E-state index contributed by atoms with van der Waals surface area (Å²) >= 11 is 0. The molecule has 1 N–H and O–H groups in total. The second-order valence-electron chi connectivity index (χ2n) is 14.3. The van der Waals surface area contributed by atoms with Gasteiger partial charge in [-0.1, -0.05) is 31.0 Å². The molecule has 0 saturated carbocycles. The third-order valence-electron chi connectivity index (χ3n) is 9.40. The standard InChI is InChI=1S/C36H50N6O7/c1-5-6-7-8-27-10-11-28(35(45)48-27)34(44)41-22-26(38-49-36(2,3)4)20-29(41)33(43)30-23-39(17-18-42(30)40-15-13-37-14-16-40)21-25-9-12-31-32(19-25)47-24-46-31/h9-12,19,29-30,37H,5-8,13-18,20-24H2,1-4H3/t29-,30?/m0/s1. The predicted molar refractivity (Wildman–Crippen MR) is 184 cm³/mol. The molecule has 1 aromatic heterocycles. The molecular weight excluding hydrogens is 628 g/mol. The Bertz CT molecular complexity index is 1580. The Morgan fingerprint density at radius 3 is 2.55 bits per heavy atom. The molecule has 3 fully saturated rings. The Morgan fingerprint density at radius 1 is 1.00 bits per heavy atom. The van der Waals surface area contributed by atoms with Gasteiger partial charge < -0.3 is 28.9 Å². The van der Waals surface area contributed by atoms with Crippen LogP contribution in [0.25, 0.3) is 0 Å². The number of hydrogen-bond donors (Lipinski definition) is 1. The van der Waals surface area contributed by atoms with Crippen molar-refractivity contribution in [3.8, 4) is 11.5 Å². The fraction of sp³-hybridized carbons (Fsp3) is 0.611. The van der Waals surface area contributed by atoms with Gasteiger partial charge in [-0.05, 0) is 57.0 Å². The first-order chi connectivity index (χ1) is 23.6. The SMILES string of the molecule is CCCCCc1ccc(C(=O)N2CC(=NOC(C)(C)C)C[C@H]2C(=O)C2CN(Cc3ccc4c(c3)OCO4)CCN2N2CCNCC2)c(=O)o1. The number of unbranched alkanes of at least 4 members (excludes halogenated alkanes) is 2. The molecule has 5 heterocycles. The zero-order valence-corrected chi connectivity index (χ0v) is 29.2. The first-order valence-corrected chi connectivity index (χ1v) is 17.6. The normalized spacial score (nSPS) is 22.9. The number of fused-ring (bicyclic) bond motifs is 1.